The molecule has 0 aliphatic heterocycles. The molecule has 0 radical (unpaired) electrons. The second-order valence-electron chi connectivity index (χ2n) is 20.8. The van der Waals surface area contributed by atoms with Crippen LogP contribution in [-0.4, -0.2) is 66.6 Å². The third kappa shape index (κ3) is 33.4. The second-order valence-corrected chi connectivity index (χ2v) is 27.3. The molecule has 0 heterocycles. The van der Waals surface area contributed by atoms with E-state index in [1.807, 2.05) is 60.7 Å². The van der Waals surface area contributed by atoms with Crippen LogP contribution in [0.2, 0.25) is 0 Å². The van der Waals surface area contributed by atoms with E-state index in [4.69, 9.17) is 24.4 Å². The summed E-state index contributed by atoms with van der Waals surface area (Å²) in [5.74, 6) is 0.591. The van der Waals surface area contributed by atoms with Crippen molar-refractivity contribution in [1.82, 2.24) is 0 Å². The van der Waals surface area contributed by atoms with E-state index in [0.717, 1.165) is 18.6 Å². The predicted molar refractivity (Wildman–Crippen MR) is 386 cm³/mol. The molecule has 0 saturated carbocycles. The fraction of sp³-hybridized carbons (Fsp3) is 0.361. The standard InChI is InChI=1S/2C25H27F6N2.2C11H12O2S3.2Zn/c2*1-5-16-11-9-12-17(6-2)22(16)32-20(24(26,27)28)15-21(25(29,30)31)33-23-18(7-3)13-10-14-19(23)8-4;2*12-10(13)6-7-15-11(14)16-8-9-4-2-1-3-5-9;;/h2*9-15H,5-8H2,1-4H3;2*1-5H,6-8H2,(H,12,13);;/q2*-1;;;2*+2/p-2/b2*20-15-,33-21?;;;;. The number of carboxylic acid groups (broad SMARTS) is 2. The Morgan fingerprint density at radius 3 is 0.860 bits per heavy atom. The number of thioether (sulfide) groups is 4. The minimum atomic E-state index is -5.10. The first-order valence-electron chi connectivity index (χ1n) is 31.1. The number of thiocarbonyl (C=S) groups is 2. The minimum absolute atomic E-state index is 0. The van der Waals surface area contributed by atoms with Crippen LogP contribution in [0.4, 0.5) is 75.4 Å². The van der Waals surface area contributed by atoms with E-state index >= 15 is 0 Å². The number of aliphatic carboxylic acids is 2. The van der Waals surface area contributed by atoms with Gasteiger partial charge in [0.25, 0.3) is 0 Å². The number of carbonyl (C=O) groups is 2. The zero-order chi connectivity index (χ0) is 73.2. The Labute approximate surface area is 631 Å². The smallest absolute Gasteiger partial charge is 0.654 e. The molecule has 0 aromatic heterocycles. The van der Waals surface area contributed by atoms with Gasteiger partial charge < -0.3 is 30.4 Å². The van der Waals surface area contributed by atoms with E-state index in [9.17, 15) is 72.5 Å². The quantitative estimate of drug-likeness (QED) is 0.0224. The number of allylic oxidation sites excluding steroid dienone is 4. The number of nitrogens with zero attached hydrogens (tertiary/aromatic N) is 4. The number of carboxylic acids is 2. The van der Waals surface area contributed by atoms with Gasteiger partial charge in [0.05, 0.1) is 11.4 Å². The van der Waals surface area contributed by atoms with Gasteiger partial charge in [0, 0.05) is 35.0 Å². The number of aryl methyl sites for hydroxylation is 8. The van der Waals surface area contributed by atoms with Crippen molar-refractivity contribution in [3.63, 3.8) is 0 Å². The molecular formula is C72H76F12N4O4S6Zn2. The van der Waals surface area contributed by atoms with E-state index in [2.05, 4.69) is 20.6 Å². The molecule has 0 N–H and O–H groups in total. The molecule has 0 bridgehead atoms. The molecule has 0 aliphatic carbocycles. The van der Waals surface area contributed by atoms with E-state index in [1.165, 1.54) is 34.7 Å². The van der Waals surface area contributed by atoms with Crippen molar-refractivity contribution < 1.29 is 111 Å². The van der Waals surface area contributed by atoms with E-state index in [0.29, 0.717) is 107 Å². The van der Waals surface area contributed by atoms with Crippen molar-refractivity contribution in [1.29, 1.82) is 0 Å². The van der Waals surface area contributed by atoms with Gasteiger partial charge in [-0.15, -0.1) is 58.4 Å². The fourth-order valence-corrected chi connectivity index (χ4v) is 13.0. The maximum Gasteiger partial charge on any atom is 2.00 e. The Morgan fingerprint density at radius 1 is 0.390 bits per heavy atom. The maximum absolute atomic E-state index is 13.9. The van der Waals surface area contributed by atoms with Crippen LogP contribution in [0, 0.1) is 0 Å². The van der Waals surface area contributed by atoms with Gasteiger partial charge in [-0.25, -0.2) is 9.98 Å². The van der Waals surface area contributed by atoms with Gasteiger partial charge in [-0.05, 0) is 110 Å². The molecule has 0 unspecified atom stereocenters. The summed E-state index contributed by atoms with van der Waals surface area (Å²) in [5, 5.41) is 27.8. The van der Waals surface area contributed by atoms with Gasteiger partial charge in [-0.1, -0.05) is 247 Å². The molecule has 0 fully saturated rings. The van der Waals surface area contributed by atoms with Crippen LogP contribution >= 0.6 is 71.5 Å². The van der Waals surface area contributed by atoms with Crippen molar-refractivity contribution in [2.75, 3.05) is 11.5 Å². The van der Waals surface area contributed by atoms with Gasteiger partial charge >= 0.3 is 63.7 Å². The van der Waals surface area contributed by atoms with Crippen LogP contribution in [0.15, 0.2) is 167 Å². The number of halogens is 12. The Morgan fingerprint density at radius 2 is 0.640 bits per heavy atom. The molecule has 0 aliphatic rings. The van der Waals surface area contributed by atoms with Crippen LogP contribution in [0.25, 0.3) is 10.6 Å². The average Bonchev–Trinajstić information content (AvgIpc) is 0.822. The Hall–Kier alpha value is -5.33. The largest absolute Gasteiger partial charge is 2.00 e. The van der Waals surface area contributed by atoms with E-state index < -0.39 is 59.5 Å². The number of aliphatic imine (C=N–C) groups is 2. The Bertz CT molecular complexity index is 3340. The van der Waals surface area contributed by atoms with Crippen LogP contribution in [0.5, 0.6) is 0 Å². The first-order chi connectivity index (χ1) is 46.3. The van der Waals surface area contributed by atoms with Crippen LogP contribution in [0.1, 0.15) is 124 Å². The molecular weight excluding hydrogens is 1540 g/mol. The number of hydrogen-bond donors (Lipinski definition) is 0. The first-order valence-corrected chi connectivity index (χ1v) is 35.9. The maximum atomic E-state index is 13.9. The van der Waals surface area contributed by atoms with Crippen molar-refractivity contribution in [2.45, 2.75) is 156 Å². The number of alkyl halides is 12. The Kier molecular flexibility index (Phi) is 43.7. The number of carbonyl (C=O) groups excluding carboxylic acids is 2. The third-order valence-corrected chi connectivity index (χ3v) is 19.5. The van der Waals surface area contributed by atoms with E-state index in [-0.39, 0.29) is 86.7 Å². The summed E-state index contributed by atoms with van der Waals surface area (Å²) in [7, 11) is 0. The van der Waals surface area contributed by atoms with Gasteiger partial charge in [0.1, 0.15) is 18.5 Å². The van der Waals surface area contributed by atoms with Crippen LogP contribution in [0.3, 0.4) is 0 Å². The van der Waals surface area contributed by atoms with Crippen LogP contribution in [-0.2, 0) is 111 Å². The second kappa shape index (κ2) is 47.1. The summed E-state index contributed by atoms with van der Waals surface area (Å²) in [6, 6.07) is 39.8. The zero-order valence-corrected chi connectivity index (χ0v) is 67.4. The van der Waals surface area contributed by atoms with Gasteiger partial charge in [-0.3, -0.25) is 0 Å². The minimum Gasteiger partial charge on any atom is -0.654 e. The predicted octanol–water partition coefficient (Wildman–Crippen LogP) is 21.6. The van der Waals surface area contributed by atoms with Crippen LogP contribution < -0.4 is 10.2 Å². The summed E-state index contributed by atoms with van der Waals surface area (Å²) < 4.78 is 168. The molecule has 0 saturated heterocycles. The van der Waals surface area contributed by atoms with Gasteiger partial charge in [0.15, 0.2) is 0 Å². The summed E-state index contributed by atoms with van der Waals surface area (Å²) in [6.07, 6.45) is -17.2. The molecule has 0 atom stereocenters. The molecule has 532 valence electrons. The SMILES string of the molecule is CCc1cccc(CC)c1N=C(/C=C(\[N-]c1c(CC)cccc1CC)C(F)(F)F)C(F)(F)F.CCc1cccc(CC)c1N=C(/C=C(\[N-]c1c(CC)cccc1CC)C(F)(F)F)C(F)(F)F.O=C([O-])CCSC(=S)SCc1ccccc1.O=C([O-])CCSC(=S)SCc1ccccc1.[Zn+2].[Zn+2]. The number of benzene rings is 6. The molecule has 100 heavy (non-hydrogen) atoms. The molecule has 28 heteroatoms. The number of para-hydroxylation sites is 4. The molecule has 6 aromatic rings. The molecule has 6 rings (SSSR count). The average molecular weight is 1610 g/mol. The summed E-state index contributed by atoms with van der Waals surface area (Å²) in [5.41, 5.74) is 0.311. The monoisotopic (exact) mass is 1610 g/mol. The fourth-order valence-electron chi connectivity index (χ4n) is 8.84. The van der Waals surface area contributed by atoms with Crippen molar-refractivity contribution in [2.24, 2.45) is 9.98 Å². The summed E-state index contributed by atoms with van der Waals surface area (Å²) >= 11 is 16.2. The molecule has 8 nitrogen and oxygen atoms in total. The van der Waals surface area contributed by atoms with E-state index in [1.54, 1.807) is 152 Å². The van der Waals surface area contributed by atoms with Gasteiger partial charge in [-0.2, -0.15) is 52.7 Å². The number of rotatable bonds is 26. The third-order valence-electron chi connectivity index (χ3n) is 13.9. The first kappa shape index (κ1) is 92.7. The topological polar surface area (TPSA) is 133 Å². The zero-order valence-electron chi connectivity index (χ0n) is 56.6. The molecule has 6 aromatic carbocycles. The van der Waals surface area contributed by atoms with Crippen molar-refractivity contribution in [3.8, 4) is 0 Å². The molecule has 0 amide bonds. The van der Waals surface area contributed by atoms with Crippen molar-refractivity contribution in [3.05, 3.63) is 223 Å². The molecule has 0 spiro atoms. The van der Waals surface area contributed by atoms with Crippen molar-refractivity contribution >= 4 is 125 Å². The normalized spacial score (nSPS) is 12.0. The summed E-state index contributed by atoms with van der Waals surface area (Å²) in [4.78, 5) is 27.8. The van der Waals surface area contributed by atoms with Gasteiger partial charge in [0.2, 0.25) is 0 Å². The Balaban J connectivity index is 0.000000698. The number of hydrogen-bond acceptors (Lipinski definition) is 12. The summed E-state index contributed by atoms with van der Waals surface area (Å²) in [6.45, 7) is 14.0.